The SMILES string of the molecule is COc1cccc(CC(=O)NCc2cccc(S(N)(=O)=O)c2)c1. The lowest BCUT2D eigenvalue weighted by Gasteiger charge is -2.08. The highest BCUT2D eigenvalue weighted by molar-refractivity contribution is 7.89. The molecule has 0 aliphatic heterocycles. The molecule has 6 nitrogen and oxygen atoms in total. The van der Waals surface area contributed by atoms with E-state index in [1.807, 2.05) is 12.1 Å². The van der Waals surface area contributed by atoms with E-state index >= 15 is 0 Å². The van der Waals surface area contributed by atoms with Crippen molar-refractivity contribution < 1.29 is 17.9 Å². The topological polar surface area (TPSA) is 98.5 Å². The van der Waals surface area contributed by atoms with Crippen LogP contribution in [0.15, 0.2) is 53.4 Å². The molecule has 0 atom stereocenters. The Morgan fingerprint density at radius 1 is 1.13 bits per heavy atom. The summed E-state index contributed by atoms with van der Waals surface area (Å²) in [5.41, 5.74) is 1.50. The van der Waals surface area contributed by atoms with E-state index in [1.165, 1.54) is 12.1 Å². The van der Waals surface area contributed by atoms with Crippen LogP contribution in [0.2, 0.25) is 0 Å². The number of sulfonamides is 1. The van der Waals surface area contributed by atoms with Crippen molar-refractivity contribution in [1.29, 1.82) is 0 Å². The van der Waals surface area contributed by atoms with Gasteiger partial charge in [0, 0.05) is 6.54 Å². The number of hydrogen-bond donors (Lipinski definition) is 2. The third kappa shape index (κ3) is 5.08. The molecular formula is C16H18N2O4S. The van der Waals surface area contributed by atoms with Gasteiger partial charge in [-0.3, -0.25) is 4.79 Å². The molecule has 0 saturated heterocycles. The summed E-state index contributed by atoms with van der Waals surface area (Å²) in [6.07, 6.45) is 0.214. The second kappa shape index (κ2) is 7.26. The molecule has 0 aliphatic carbocycles. The van der Waals surface area contributed by atoms with Gasteiger partial charge in [-0.15, -0.1) is 0 Å². The Hall–Kier alpha value is -2.38. The maximum Gasteiger partial charge on any atom is 0.238 e. The average molecular weight is 334 g/mol. The molecule has 0 unspecified atom stereocenters. The number of carbonyl (C=O) groups is 1. The summed E-state index contributed by atoms with van der Waals surface area (Å²) in [4.78, 5) is 12.0. The normalized spacial score (nSPS) is 11.0. The predicted octanol–water partition coefficient (Wildman–Crippen LogP) is 1.20. The molecule has 23 heavy (non-hydrogen) atoms. The lowest BCUT2D eigenvalue weighted by atomic mass is 10.1. The van der Waals surface area contributed by atoms with Crippen molar-refractivity contribution in [3.05, 3.63) is 59.7 Å². The van der Waals surface area contributed by atoms with Crippen LogP contribution in [0.25, 0.3) is 0 Å². The molecule has 0 saturated carbocycles. The summed E-state index contributed by atoms with van der Waals surface area (Å²) < 4.78 is 27.7. The van der Waals surface area contributed by atoms with Gasteiger partial charge in [-0.25, -0.2) is 13.6 Å². The molecule has 7 heteroatoms. The summed E-state index contributed by atoms with van der Waals surface area (Å²) in [5, 5.41) is 7.83. The van der Waals surface area contributed by atoms with Crippen molar-refractivity contribution in [3.63, 3.8) is 0 Å². The number of rotatable bonds is 6. The highest BCUT2D eigenvalue weighted by atomic mass is 32.2. The van der Waals surface area contributed by atoms with Gasteiger partial charge in [0.2, 0.25) is 15.9 Å². The first-order valence-electron chi connectivity index (χ1n) is 6.90. The average Bonchev–Trinajstić information content (AvgIpc) is 2.52. The highest BCUT2D eigenvalue weighted by Gasteiger charge is 2.09. The fourth-order valence-electron chi connectivity index (χ4n) is 2.06. The first-order chi connectivity index (χ1) is 10.9. The Bertz CT molecular complexity index is 803. The molecule has 0 fully saturated rings. The minimum absolute atomic E-state index is 0.0250. The zero-order chi connectivity index (χ0) is 16.9. The minimum atomic E-state index is -3.75. The van der Waals surface area contributed by atoms with Crippen LogP contribution >= 0.6 is 0 Å². The lowest BCUT2D eigenvalue weighted by molar-refractivity contribution is -0.120. The van der Waals surface area contributed by atoms with Crippen molar-refractivity contribution in [3.8, 4) is 5.75 Å². The summed E-state index contributed by atoms with van der Waals surface area (Å²) in [5.74, 6) is 0.524. The number of carbonyl (C=O) groups excluding carboxylic acids is 1. The van der Waals surface area contributed by atoms with Crippen LogP contribution < -0.4 is 15.2 Å². The molecule has 122 valence electrons. The van der Waals surface area contributed by atoms with E-state index in [1.54, 1.807) is 31.4 Å². The van der Waals surface area contributed by atoms with Crippen molar-refractivity contribution >= 4 is 15.9 Å². The van der Waals surface area contributed by atoms with E-state index in [9.17, 15) is 13.2 Å². The fourth-order valence-corrected chi connectivity index (χ4v) is 2.65. The molecule has 0 aromatic heterocycles. The zero-order valence-electron chi connectivity index (χ0n) is 12.7. The van der Waals surface area contributed by atoms with Gasteiger partial charge in [0.15, 0.2) is 0 Å². The lowest BCUT2D eigenvalue weighted by Crippen LogP contribution is -2.24. The van der Waals surface area contributed by atoms with E-state index in [4.69, 9.17) is 9.88 Å². The van der Waals surface area contributed by atoms with E-state index in [2.05, 4.69) is 5.32 Å². The Labute approximate surface area is 135 Å². The Kier molecular flexibility index (Phi) is 5.36. The quantitative estimate of drug-likeness (QED) is 0.829. The summed E-state index contributed by atoms with van der Waals surface area (Å²) in [6, 6.07) is 13.4. The number of nitrogens with one attached hydrogen (secondary N) is 1. The van der Waals surface area contributed by atoms with Crippen molar-refractivity contribution in [1.82, 2.24) is 5.32 Å². The van der Waals surface area contributed by atoms with E-state index in [0.717, 1.165) is 5.56 Å². The maximum absolute atomic E-state index is 12.0. The van der Waals surface area contributed by atoms with Gasteiger partial charge in [-0.2, -0.15) is 0 Å². The van der Waals surface area contributed by atoms with Gasteiger partial charge in [-0.05, 0) is 35.4 Å². The van der Waals surface area contributed by atoms with Crippen LogP contribution in [0.4, 0.5) is 0 Å². The van der Waals surface area contributed by atoms with Crippen LogP contribution in [0.3, 0.4) is 0 Å². The minimum Gasteiger partial charge on any atom is -0.497 e. The number of primary sulfonamides is 1. The maximum atomic E-state index is 12.0. The summed E-state index contributed by atoms with van der Waals surface area (Å²) >= 11 is 0. The van der Waals surface area contributed by atoms with Crippen LogP contribution in [0.1, 0.15) is 11.1 Å². The zero-order valence-corrected chi connectivity index (χ0v) is 13.5. The third-order valence-electron chi connectivity index (χ3n) is 3.22. The number of hydrogen-bond acceptors (Lipinski definition) is 4. The van der Waals surface area contributed by atoms with Crippen LogP contribution in [-0.4, -0.2) is 21.4 Å². The van der Waals surface area contributed by atoms with Gasteiger partial charge < -0.3 is 10.1 Å². The number of ether oxygens (including phenoxy) is 1. The second-order valence-electron chi connectivity index (χ2n) is 5.00. The number of nitrogens with two attached hydrogens (primary N) is 1. The standard InChI is InChI=1S/C16H18N2O4S/c1-22-14-6-2-4-12(8-14)10-16(19)18-11-13-5-3-7-15(9-13)23(17,20)21/h2-9H,10-11H2,1H3,(H,18,19)(H2,17,20,21). The van der Waals surface area contributed by atoms with E-state index in [-0.39, 0.29) is 23.8 Å². The Morgan fingerprint density at radius 2 is 1.83 bits per heavy atom. The van der Waals surface area contributed by atoms with Gasteiger partial charge in [0.05, 0.1) is 18.4 Å². The molecular weight excluding hydrogens is 316 g/mol. The summed E-state index contributed by atoms with van der Waals surface area (Å²) in [6.45, 7) is 0.228. The van der Waals surface area contributed by atoms with Crippen LogP contribution in [-0.2, 0) is 27.8 Å². The predicted molar refractivity (Wildman–Crippen MR) is 86.4 cm³/mol. The van der Waals surface area contributed by atoms with Gasteiger partial charge in [0.25, 0.3) is 0 Å². The first-order valence-corrected chi connectivity index (χ1v) is 8.44. The molecule has 2 aromatic rings. The molecule has 1 amide bonds. The molecule has 0 bridgehead atoms. The molecule has 0 radical (unpaired) electrons. The highest BCUT2D eigenvalue weighted by Crippen LogP contribution is 2.13. The van der Waals surface area contributed by atoms with Crippen LogP contribution in [0, 0.1) is 0 Å². The van der Waals surface area contributed by atoms with Gasteiger partial charge in [0.1, 0.15) is 5.75 Å². The van der Waals surface area contributed by atoms with Crippen molar-refractivity contribution in [2.45, 2.75) is 17.9 Å². The monoisotopic (exact) mass is 334 g/mol. The molecule has 0 aliphatic rings. The summed E-state index contributed by atoms with van der Waals surface area (Å²) in [7, 11) is -2.18. The van der Waals surface area contributed by atoms with Crippen molar-refractivity contribution in [2.24, 2.45) is 5.14 Å². The molecule has 2 rings (SSSR count). The largest absolute Gasteiger partial charge is 0.497 e. The van der Waals surface area contributed by atoms with E-state index in [0.29, 0.717) is 11.3 Å². The fraction of sp³-hybridized carbons (Fsp3) is 0.188. The van der Waals surface area contributed by atoms with Crippen LogP contribution in [0.5, 0.6) is 5.75 Å². The molecule has 0 heterocycles. The number of methoxy groups -OCH3 is 1. The smallest absolute Gasteiger partial charge is 0.238 e. The number of benzene rings is 2. The Balaban J connectivity index is 1.96. The molecule has 2 aromatic carbocycles. The third-order valence-corrected chi connectivity index (χ3v) is 4.13. The molecule has 0 spiro atoms. The number of amides is 1. The first kappa shape index (κ1) is 17.0. The van der Waals surface area contributed by atoms with Crippen molar-refractivity contribution in [2.75, 3.05) is 7.11 Å². The molecule has 3 N–H and O–H groups in total. The Morgan fingerprint density at radius 3 is 2.52 bits per heavy atom. The van der Waals surface area contributed by atoms with Gasteiger partial charge in [-0.1, -0.05) is 24.3 Å². The van der Waals surface area contributed by atoms with E-state index < -0.39 is 10.0 Å². The second-order valence-corrected chi connectivity index (χ2v) is 6.56. The van der Waals surface area contributed by atoms with Gasteiger partial charge >= 0.3 is 0 Å².